The molecule has 4 bridgehead atoms. The highest BCUT2D eigenvalue weighted by atomic mass is 16.9. The van der Waals surface area contributed by atoms with Crippen LogP contribution in [0.15, 0.2) is 152 Å². The summed E-state index contributed by atoms with van der Waals surface area (Å²) < 4.78 is 70.8. The average Bonchev–Trinajstić information content (AvgIpc) is 3.39. The van der Waals surface area contributed by atoms with Crippen LogP contribution in [0, 0.1) is 0 Å². The predicted molar refractivity (Wildman–Crippen MR) is 245 cm³/mol. The van der Waals surface area contributed by atoms with E-state index in [1.165, 1.54) is 43.3 Å². The standard InChI is InChI=1S/C54H52O16/c1-3-4-30-54-68-45-41(60-31-34-20-10-5-11-21-34)46(69-54)44(47(70-54)43(45)62-33(2)55)67-53-48(66-52(59)38-28-18-9-19-29-38)42(65-51(58)37-26-16-8-17-27-37)40(64-50(57)36-24-14-7-15-25-36)39(63-53)32-61-49(56)35-22-12-6-13-23-35/h5-29,39-48,53H,3-4,30-32H2,1-2H3/t39-,40-,41?,42+,43?,44?,45?,46?,47?,48+,53-,54?/m1/s1. The number of esters is 5. The van der Waals surface area contributed by atoms with Crippen LogP contribution in [0.1, 0.15) is 80.1 Å². The van der Waals surface area contributed by atoms with E-state index in [0.717, 1.165) is 12.0 Å². The lowest BCUT2D eigenvalue weighted by Crippen LogP contribution is -2.80. The first kappa shape index (κ1) is 48.2. The van der Waals surface area contributed by atoms with Crippen LogP contribution in [-0.4, -0.2) is 110 Å². The van der Waals surface area contributed by atoms with Gasteiger partial charge in [-0.25, -0.2) is 19.2 Å². The van der Waals surface area contributed by atoms with Crippen molar-refractivity contribution >= 4 is 29.8 Å². The molecule has 0 spiro atoms. The van der Waals surface area contributed by atoms with Crippen LogP contribution in [0.2, 0.25) is 0 Å². The zero-order chi connectivity index (χ0) is 48.6. The number of benzene rings is 5. The highest BCUT2D eigenvalue weighted by Gasteiger charge is 2.70. The van der Waals surface area contributed by atoms with Crippen LogP contribution >= 0.6 is 0 Å². The van der Waals surface area contributed by atoms with Crippen molar-refractivity contribution in [3.05, 3.63) is 179 Å². The van der Waals surface area contributed by atoms with Crippen LogP contribution in [0.25, 0.3) is 0 Å². The molecule has 1 saturated carbocycles. The molecule has 12 atom stereocenters. The Bertz CT molecular complexity index is 2570. The molecule has 5 fully saturated rings. The molecule has 0 radical (unpaired) electrons. The van der Waals surface area contributed by atoms with Gasteiger partial charge in [0, 0.05) is 13.3 Å². The molecule has 5 aromatic rings. The molecule has 4 heterocycles. The largest absolute Gasteiger partial charge is 0.459 e. The van der Waals surface area contributed by atoms with Crippen LogP contribution in [-0.2, 0) is 63.5 Å². The van der Waals surface area contributed by atoms with Crippen molar-refractivity contribution in [2.24, 2.45) is 0 Å². The van der Waals surface area contributed by atoms with Gasteiger partial charge >= 0.3 is 29.8 Å². The first-order valence-corrected chi connectivity index (χ1v) is 23.3. The van der Waals surface area contributed by atoms with Gasteiger partial charge in [-0.3, -0.25) is 4.79 Å². The summed E-state index contributed by atoms with van der Waals surface area (Å²) in [5.41, 5.74) is 1.41. The summed E-state index contributed by atoms with van der Waals surface area (Å²) in [5, 5.41) is 0. The van der Waals surface area contributed by atoms with Gasteiger partial charge in [0.2, 0.25) is 0 Å². The van der Waals surface area contributed by atoms with E-state index in [-0.39, 0.29) is 28.9 Å². The molecule has 0 amide bonds. The Labute approximate surface area is 403 Å². The van der Waals surface area contributed by atoms with E-state index in [4.69, 9.17) is 52.1 Å². The topological polar surface area (TPSA) is 187 Å². The summed E-state index contributed by atoms with van der Waals surface area (Å²) in [5.74, 6) is -5.55. The van der Waals surface area contributed by atoms with Crippen LogP contribution < -0.4 is 0 Å². The maximum absolute atomic E-state index is 14.3. The lowest BCUT2D eigenvalue weighted by Gasteiger charge is -2.63. The van der Waals surface area contributed by atoms with E-state index in [1.54, 1.807) is 84.9 Å². The Kier molecular flexibility index (Phi) is 15.1. The summed E-state index contributed by atoms with van der Waals surface area (Å²) >= 11 is 0. The van der Waals surface area contributed by atoms with Gasteiger partial charge in [0.15, 0.2) is 30.7 Å². The van der Waals surface area contributed by atoms with Crippen molar-refractivity contribution in [3.63, 3.8) is 0 Å². The fourth-order valence-corrected chi connectivity index (χ4v) is 9.03. The lowest BCUT2D eigenvalue weighted by atomic mass is 9.80. The predicted octanol–water partition coefficient (Wildman–Crippen LogP) is 7.19. The second-order valence-corrected chi connectivity index (χ2v) is 17.2. The smallest absolute Gasteiger partial charge is 0.338 e. The molecule has 16 nitrogen and oxygen atoms in total. The zero-order valence-corrected chi connectivity index (χ0v) is 38.4. The molecule has 1 aliphatic carbocycles. The summed E-state index contributed by atoms with van der Waals surface area (Å²) in [6.45, 7) is 2.79. The van der Waals surface area contributed by atoms with Gasteiger partial charge in [0.25, 0.3) is 5.97 Å². The van der Waals surface area contributed by atoms with E-state index >= 15 is 0 Å². The first-order chi connectivity index (χ1) is 34.1. The molecule has 0 N–H and O–H groups in total. The summed E-state index contributed by atoms with van der Waals surface area (Å²) in [6, 6.07) is 41.8. The number of hydrogen-bond donors (Lipinski definition) is 0. The van der Waals surface area contributed by atoms with Crippen molar-refractivity contribution in [1.29, 1.82) is 0 Å². The van der Waals surface area contributed by atoms with Crippen LogP contribution in [0.3, 0.4) is 0 Å². The van der Waals surface area contributed by atoms with Gasteiger partial charge in [0.1, 0.15) is 43.2 Å². The van der Waals surface area contributed by atoms with E-state index in [1.807, 2.05) is 37.3 Å². The number of hydrogen-bond acceptors (Lipinski definition) is 16. The van der Waals surface area contributed by atoms with Gasteiger partial charge in [-0.2, -0.15) is 0 Å². The molecular formula is C54H52O16. The molecule has 10 rings (SSSR count). The zero-order valence-electron chi connectivity index (χ0n) is 38.4. The monoisotopic (exact) mass is 956 g/mol. The molecule has 4 aliphatic heterocycles. The van der Waals surface area contributed by atoms with Crippen molar-refractivity contribution in [1.82, 2.24) is 0 Å². The number of unbranched alkanes of at least 4 members (excludes halogenated alkanes) is 1. The maximum atomic E-state index is 14.3. The molecule has 0 aromatic heterocycles. The lowest BCUT2D eigenvalue weighted by molar-refractivity contribution is -0.547. The highest BCUT2D eigenvalue weighted by Crippen LogP contribution is 2.51. The van der Waals surface area contributed by atoms with Gasteiger partial charge in [-0.05, 0) is 60.5 Å². The van der Waals surface area contributed by atoms with Gasteiger partial charge in [-0.15, -0.1) is 0 Å². The Balaban J connectivity index is 1.14. The number of carbonyl (C=O) groups excluding carboxylic acids is 5. The number of ether oxygens (including phenoxy) is 11. The second-order valence-electron chi connectivity index (χ2n) is 17.2. The third kappa shape index (κ3) is 10.8. The Morgan fingerprint density at radius 3 is 1.44 bits per heavy atom. The molecule has 16 heteroatoms. The minimum atomic E-state index is -1.73. The van der Waals surface area contributed by atoms with E-state index < -0.39 is 110 Å². The minimum Gasteiger partial charge on any atom is -0.459 e. The average molecular weight is 957 g/mol. The quantitative estimate of drug-likeness (QED) is 0.0634. The maximum Gasteiger partial charge on any atom is 0.338 e. The Hall–Kier alpha value is -6.79. The Morgan fingerprint density at radius 1 is 0.500 bits per heavy atom. The normalized spacial score (nSPS) is 28.5. The van der Waals surface area contributed by atoms with Crippen molar-refractivity contribution < 1.29 is 76.1 Å². The number of carbonyl (C=O) groups is 5. The third-order valence-corrected chi connectivity index (χ3v) is 12.3. The Morgan fingerprint density at radius 2 is 0.943 bits per heavy atom. The van der Waals surface area contributed by atoms with Crippen LogP contribution in [0.4, 0.5) is 0 Å². The third-order valence-electron chi connectivity index (χ3n) is 12.3. The van der Waals surface area contributed by atoms with E-state index in [9.17, 15) is 24.0 Å². The second kappa shape index (κ2) is 21.9. The fourth-order valence-electron chi connectivity index (χ4n) is 9.03. The van der Waals surface area contributed by atoms with Gasteiger partial charge < -0.3 is 52.1 Å². The summed E-state index contributed by atoms with van der Waals surface area (Å²) in [7, 11) is 0. The molecule has 4 saturated heterocycles. The van der Waals surface area contributed by atoms with Crippen LogP contribution in [0.5, 0.6) is 0 Å². The SMILES string of the molecule is CCCCC12OC3C(OCc4ccccc4)C(O1)C(O[C@H]1O[C@H](COC(=O)c4ccccc4)[C@@H](OC(=O)c4ccccc4)[C@H](OC(=O)c4ccccc4)[C@@H]1OC(=O)c1ccccc1)C(O2)C3OC(C)=O. The molecular weight excluding hydrogens is 905 g/mol. The molecule has 7 unspecified atom stereocenters. The van der Waals surface area contributed by atoms with Crippen molar-refractivity contribution in [3.8, 4) is 0 Å². The summed E-state index contributed by atoms with van der Waals surface area (Å²) in [6.07, 6.45) is -12.8. The molecule has 5 aliphatic rings. The van der Waals surface area contributed by atoms with E-state index in [0.29, 0.717) is 12.8 Å². The summed E-state index contributed by atoms with van der Waals surface area (Å²) in [4.78, 5) is 69.1. The van der Waals surface area contributed by atoms with Gasteiger partial charge in [0.05, 0.1) is 28.9 Å². The molecule has 70 heavy (non-hydrogen) atoms. The number of rotatable bonds is 18. The molecule has 5 aromatic carbocycles. The molecule has 364 valence electrons. The van der Waals surface area contributed by atoms with Crippen molar-refractivity contribution in [2.45, 2.75) is 113 Å². The highest BCUT2D eigenvalue weighted by molar-refractivity contribution is 5.91. The first-order valence-electron chi connectivity index (χ1n) is 23.3. The van der Waals surface area contributed by atoms with Crippen molar-refractivity contribution in [2.75, 3.05) is 6.61 Å². The fraction of sp³-hybridized carbons (Fsp3) is 0.352. The minimum absolute atomic E-state index is 0.107. The van der Waals surface area contributed by atoms with Gasteiger partial charge in [-0.1, -0.05) is 116 Å². The van der Waals surface area contributed by atoms with E-state index in [2.05, 4.69) is 0 Å².